The average molecular weight is 364 g/mol. The summed E-state index contributed by atoms with van der Waals surface area (Å²) in [5, 5.41) is 0.852. The van der Waals surface area contributed by atoms with E-state index in [4.69, 9.17) is 10.5 Å². The van der Waals surface area contributed by atoms with Crippen molar-refractivity contribution >= 4 is 38.7 Å². The second kappa shape index (κ2) is 6.09. The Morgan fingerprint density at radius 3 is 2.86 bits per heavy atom. The lowest BCUT2D eigenvalue weighted by molar-refractivity contribution is 0.415. The first-order valence-corrected chi connectivity index (χ1v) is 8.00. The number of H-pyrrole nitrogens is 1. The van der Waals surface area contributed by atoms with E-state index >= 15 is 0 Å². The van der Waals surface area contributed by atoms with Crippen LogP contribution in [-0.4, -0.2) is 17.1 Å². The molecule has 0 aliphatic heterocycles. The molecule has 4 nitrogen and oxygen atoms in total. The second-order valence-electron chi connectivity index (χ2n) is 4.48. The number of benzene rings is 2. The van der Waals surface area contributed by atoms with Crippen molar-refractivity contribution in [3.05, 3.63) is 46.4 Å². The van der Waals surface area contributed by atoms with Crippen molar-refractivity contribution in [1.29, 1.82) is 0 Å². The number of methoxy groups -OCH3 is 1. The van der Waals surface area contributed by atoms with E-state index in [1.807, 2.05) is 30.3 Å². The quantitative estimate of drug-likeness (QED) is 0.736. The molecular formula is C15H14BrN3OS. The van der Waals surface area contributed by atoms with E-state index in [9.17, 15) is 0 Å². The summed E-state index contributed by atoms with van der Waals surface area (Å²) in [5.41, 5.74) is 8.65. The smallest absolute Gasteiger partial charge is 0.171 e. The summed E-state index contributed by atoms with van der Waals surface area (Å²) in [6.07, 6.45) is 0. The maximum absolute atomic E-state index is 5.66. The fourth-order valence-corrected chi connectivity index (χ4v) is 3.54. The van der Waals surface area contributed by atoms with E-state index in [-0.39, 0.29) is 0 Å². The number of nitrogens with zero attached hydrogens (tertiary/aromatic N) is 1. The number of ether oxygens (including phenoxy) is 1. The monoisotopic (exact) mass is 363 g/mol. The van der Waals surface area contributed by atoms with Gasteiger partial charge in [0.15, 0.2) is 5.16 Å². The van der Waals surface area contributed by atoms with Crippen LogP contribution < -0.4 is 10.5 Å². The standard InChI is InChI=1S/C15H14BrN3OS/c1-20-10-3-5-13-14(6-10)19-15(18-13)21-11-4-2-9(8-17)12(16)7-11/h2-7H,8,17H2,1H3,(H,18,19). The Hall–Kier alpha value is -1.50. The largest absolute Gasteiger partial charge is 0.497 e. The summed E-state index contributed by atoms with van der Waals surface area (Å²) >= 11 is 5.12. The number of hydrogen-bond acceptors (Lipinski definition) is 4. The Labute approximate surface area is 135 Å². The normalized spacial score (nSPS) is 11.0. The van der Waals surface area contributed by atoms with Crippen molar-refractivity contribution in [3.63, 3.8) is 0 Å². The number of nitrogens with one attached hydrogen (secondary N) is 1. The van der Waals surface area contributed by atoms with Crippen molar-refractivity contribution < 1.29 is 4.74 Å². The van der Waals surface area contributed by atoms with Crippen molar-refractivity contribution in [2.75, 3.05) is 7.11 Å². The predicted molar refractivity (Wildman–Crippen MR) is 88.8 cm³/mol. The van der Waals surface area contributed by atoms with Gasteiger partial charge in [-0.1, -0.05) is 33.8 Å². The van der Waals surface area contributed by atoms with Crippen molar-refractivity contribution in [3.8, 4) is 5.75 Å². The minimum atomic E-state index is 0.524. The highest BCUT2D eigenvalue weighted by Crippen LogP contribution is 2.31. The van der Waals surface area contributed by atoms with Crippen LogP contribution in [0, 0.1) is 0 Å². The molecule has 0 saturated heterocycles. The maximum Gasteiger partial charge on any atom is 0.171 e. The van der Waals surface area contributed by atoms with Crippen LogP contribution in [-0.2, 0) is 6.54 Å². The van der Waals surface area contributed by atoms with E-state index in [2.05, 4.69) is 32.0 Å². The number of hydrogen-bond donors (Lipinski definition) is 2. The first-order chi connectivity index (χ1) is 10.2. The van der Waals surface area contributed by atoms with Crippen LogP contribution in [0.25, 0.3) is 11.0 Å². The van der Waals surface area contributed by atoms with Crippen LogP contribution in [0.2, 0.25) is 0 Å². The van der Waals surface area contributed by atoms with Gasteiger partial charge in [0, 0.05) is 22.0 Å². The number of fused-ring (bicyclic) bond motifs is 1. The zero-order chi connectivity index (χ0) is 14.8. The zero-order valence-electron chi connectivity index (χ0n) is 11.4. The van der Waals surface area contributed by atoms with E-state index < -0.39 is 0 Å². The summed E-state index contributed by atoms with van der Waals surface area (Å²) < 4.78 is 6.24. The average Bonchev–Trinajstić information content (AvgIpc) is 2.88. The van der Waals surface area contributed by atoms with Gasteiger partial charge in [0.2, 0.25) is 0 Å². The molecule has 0 amide bonds. The molecule has 0 atom stereocenters. The summed E-state index contributed by atoms with van der Waals surface area (Å²) in [7, 11) is 1.66. The van der Waals surface area contributed by atoms with Gasteiger partial charge in [0.05, 0.1) is 18.1 Å². The van der Waals surface area contributed by atoms with E-state index in [0.717, 1.165) is 36.9 Å². The second-order valence-corrected chi connectivity index (χ2v) is 6.40. The topological polar surface area (TPSA) is 63.9 Å². The molecule has 6 heteroatoms. The lowest BCUT2D eigenvalue weighted by Crippen LogP contribution is -1.96. The van der Waals surface area contributed by atoms with Crippen molar-refractivity contribution in [1.82, 2.24) is 9.97 Å². The van der Waals surface area contributed by atoms with Gasteiger partial charge in [-0.3, -0.25) is 0 Å². The molecule has 3 rings (SSSR count). The SMILES string of the molecule is COc1ccc2nc(Sc3ccc(CN)c(Br)c3)[nH]c2c1. The summed E-state index contributed by atoms with van der Waals surface area (Å²) in [4.78, 5) is 8.97. The molecule has 0 radical (unpaired) electrons. The summed E-state index contributed by atoms with van der Waals surface area (Å²) in [5.74, 6) is 0.817. The van der Waals surface area contributed by atoms with Gasteiger partial charge in [-0.2, -0.15) is 0 Å². The molecule has 2 aromatic carbocycles. The van der Waals surface area contributed by atoms with Gasteiger partial charge in [-0.15, -0.1) is 0 Å². The number of rotatable bonds is 4. The lowest BCUT2D eigenvalue weighted by atomic mass is 10.2. The molecule has 0 bridgehead atoms. The molecular weight excluding hydrogens is 350 g/mol. The van der Waals surface area contributed by atoms with Gasteiger partial charge in [-0.25, -0.2) is 4.98 Å². The fourth-order valence-electron chi connectivity index (χ4n) is 2.01. The molecule has 21 heavy (non-hydrogen) atoms. The van der Waals surface area contributed by atoms with Crippen LogP contribution in [0.1, 0.15) is 5.56 Å². The summed E-state index contributed by atoms with van der Waals surface area (Å²) in [6.45, 7) is 0.524. The Bertz CT molecular complexity index is 788. The van der Waals surface area contributed by atoms with Gasteiger partial charge < -0.3 is 15.5 Å². The van der Waals surface area contributed by atoms with E-state index in [1.54, 1.807) is 18.9 Å². The molecule has 0 saturated carbocycles. The number of halogens is 1. The highest BCUT2D eigenvalue weighted by Gasteiger charge is 2.07. The summed E-state index contributed by atoms with van der Waals surface area (Å²) in [6, 6.07) is 11.9. The van der Waals surface area contributed by atoms with Gasteiger partial charge in [0.25, 0.3) is 0 Å². The Morgan fingerprint density at radius 2 is 2.14 bits per heavy atom. The van der Waals surface area contributed by atoms with Crippen LogP contribution in [0.3, 0.4) is 0 Å². The molecule has 0 aliphatic rings. The maximum atomic E-state index is 5.66. The molecule has 0 aliphatic carbocycles. The molecule has 1 heterocycles. The van der Waals surface area contributed by atoms with Crippen LogP contribution in [0.4, 0.5) is 0 Å². The van der Waals surface area contributed by atoms with E-state index in [0.29, 0.717) is 6.54 Å². The third kappa shape index (κ3) is 3.07. The molecule has 0 spiro atoms. The third-order valence-electron chi connectivity index (χ3n) is 3.13. The Morgan fingerprint density at radius 1 is 1.29 bits per heavy atom. The predicted octanol–water partition coefficient (Wildman–Crippen LogP) is 3.94. The van der Waals surface area contributed by atoms with Gasteiger partial charge in [0.1, 0.15) is 5.75 Å². The molecule has 0 unspecified atom stereocenters. The lowest BCUT2D eigenvalue weighted by Gasteiger charge is -2.03. The van der Waals surface area contributed by atoms with Crippen molar-refractivity contribution in [2.45, 2.75) is 16.6 Å². The van der Waals surface area contributed by atoms with Gasteiger partial charge in [-0.05, 0) is 29.8 Å². The highest BCUT2D eigenvalue weighted by molar-refractivity contribution is 9.10. The van der Waals surface area contributed by atoms with E-state index in [1.165, 1.54) is 0 Å². The Balaban J connectivity index is 1.89. The third-order valence-corrected chi connectivity index (χ3v) is 4.74. The molecule has 0 fully saturated rings. The number of aromatic amines is 1. The number of imidazole rings is 1. The Kier molecular flexibility index (Phi) is 4.19. The molecule has 1 aromatic heterocycles. The van der Waals surface area contributed by atoms with Crippen LogP contribution >= 0.6 is 27.7 Å². The molecule has 3 aromatic rings. The molecule has 3 N–H and O–H groups in total. The minimum Gasteiger partial charge on any atom is -0.497 e. The van der Waals surface area contributed by atoms with Crippen molar-refractivity contribution in [2.24, 2.45) is 5.73 Å². The number of nitrogens with two attached hydrogens (primary N) is 1. The zero-order valence-corrected chi connectivity index (χ0v) is 13.8. The minimum absolute atomic E-state index is 0.524. The van der Waals surface area contributed by atoms with Gasteiger partial charge >= 0.3 is 0 Å². The van der Waals surface area contributed by atoms with Crippen LogP contribution in [0.15, 0.2) is 50.9 Å². The van der Waals surface area contributed by atoms with Crippen LogP contribution in [0.5, 0.6) is 5.75 Å². The fraction of sp³-hybridized carbons (Fsp3) is 0.133. The highest BCUT2D eigenvalue weighted by atomic mass is 79.9. The number of aromatic nitrogens is 2. The first-order valence-electron chi connectivity index (χ1n) is 6.39. The first kappa shape index (κ1) is 14.4. The molecule has 108 valence electrons.